The van der Waals surface area contributed by atoms with Crippen LogP contribution in [-0.2, 0) is 19.6 Å². The van der Waals surface area contributed by atoms with E-state index >= 15 is 0 Å². The molecule has 1 rings (SSSR count). The number of hydrogen-bond acceptors (Lipinski definition) is 6. The Morgan fingerprint density at radius 1 is 1.26 bits per heavy atom. The van der Waals surface area contributed by atoms with E-state index in [4.69, 9.17) is 9.94 Å². The zero-order chi connectivity index (χ0) is 21.0. The molecule has 0 fully saturated rings. The van der Waals surface area contributed by atoms with Crippen LogP contribution in [-0.4, -0.2) is 68.4 Å². The van der Waals surface area contributed by atoms with Crippen molar-refractivity contribution in [2.75, 3.05) is 27.7 Å². The number of carbonyl (C=O) groups is 2. The summed E-state index contributed by atoms with van der Waals surface area (Å²) >= 11 is 0. The smallest absolute Gasteiger partial charge is 0.262 e. The van der Waals surface area contributed by atoms with Gasteiger partial charge in [-0.3, -0.25) is 14.8 Å². The number of ether oxygens (including phenoxy) is 1. The second-order valence-corrected chi connectivity index (χ2v) is 9.15. The fourth-order valence-corrected chi connectivity index (χ4v) is 4.26. The maximum atomic E-state index is 13.3. The van der Waals surface area contributed by atoms with E-state index in [-0.39, 0.29) is 4.90 Å². The first-order valence-corrected chi connectivity index (χ1v) is 9.60. The van der Waals surface area contributed by atoms with Crippen LogP contribution < -0.4 is 10.2 Å². The molecule has 27 heavy (non-hydrogen) atoms. The van der Waals surface area contributed by atoms with Gasteiger partial charge < -0.3 is 9.64 Å². The SMILES string of the molecule is COc1cccc(S(=O)(=O)N(CC(=O)N(C)C)[C@@H](C(=O)NO)C(C)(C)C)c1. The van der Waals surface area contributed by atoms with Gasteiger partial charge in [-0.15, -0.1) is 0 Å². The molecule has 10 heteroatoms. The predicted octanol–water partition coefficient (Wildman–Crippen LogP) is 0.694. The number of carbonyl (C=O) groups excluding carboxylic acids is 2. The summed E-state index contributed by atoms with van der Waals surface area (Å²) in [6, 6.07) is 4.40. The van der Waals surface area contributed by atoms with E-state index in [2.05, 4.69) is 0 Å². The van der Waals surface area contributed by atoms with Gasteiger partial charge in [-0.05, 0) is 17.5 Å². The normalized spacial score (nSPS) is 13.2. The molecule has 0 spiro atoms. The van der Waals surface area contributed by atoms with Crippen molar-refractivity contribution in [3.63, 3.8) is 0 Å². The molecule has 0 aliphatic rings. The summed E-state index contributed by atoms with van der Waals surface area (Å²) in [6.07, 6.45) is 0. The molecule has 1 aromatic rings. The first-order chi connectivity index (χ1) is 12.4. The van der Waals surface area contributed by atoms with Gasteiger partial charge in [0.15, 0.2) is 0 Å². The van der Waals surface area contributed by atoms with Crippen LogP contribution in [0.2, 0.25) is 0 Å². The van der Waals surface area contributed by atoms with Gasteiger partial charge in [0.1, 0.15) is 11.8 Å². The van der Waals surface area contributed by atoms with E-state index in [0.29, 0.717) is 5.75 Å². The highest BCUT2D eigenvalue weighted by Crippen LogP contribution is 2.30. The molecule has 1 atom stereocenters. The molecule has 0 bridgehead atoms. The summed E-state index contributed by atoms with van der Waals surface area (Å²) in [5, 5.41) is 9.14. The van der Waals surface area contributed by atoms with Crippen molar-refractivity contribution >= 4 is 21.8 Å². The molecule has 0 aromatic heterocycles. The van der Waals surface area contributed by atoms with Crippen LogP contribution in [0.15, 0.2) is 29.2 Å². The number of sulfonamides is 1. The minimum Gasteiger partial charge on any atom is -0.497 e. The lowest BCUT2D eigenvalue weighted by molar-refractivity contribution is -0.138. The van der Waals surface area contributed by atoms with Gasteiger partial charge in [-0.25, -0.2) is 13.9 Å². The fourth-order valence-electron chi connectivity index (χ4n) is 2.50. The number of hydrogen-bond donors (Lipinski definition) is 2. The molecule has 1 aromatic carbocycles. The van der Waals surface area contributed by atoms with Crippen molar-refractivity contribution in [2.24, 2.45) is 5.41 Å². The van der Waals surface area contributed by atoms with Crippen molar-refractivity contribution in [2.45, 2.75) is 31.7 Å². The average Bonchev–Trinajstić information content (AvgIpc) is 2.59. The molecule has 0 aliphatic heterocycles. The summed E-state index contributed by atoms with van der Waals surface area (Å²) in [5.74, 6) is -1.13. The highest BCUT2D eigenvalue weighted by atomic mass is 32.2. The molecule has 0 radical (unpaired) electrons. The molecular weight excluding hydrogens is 374 g/mol. The van der Waals surface area contributed by atoms with Crippen molar-refractivity contribution in [1.29, 1.82) is 0 Å². The Morgan fingerprint density at radius 2 is 1.85 bits per heavy atom. The van der Waals surface area contributed by atoms with Crippen LogP contribution in [0.4, 0.5) is 0 Å². The van der Waals surface area contributed by atoms with Gasteiger partial charge in [0.25, 0.3) is 5.91 Å². The van der Waals surface area contributed by atoms with E-state index < -0.39 is 39.8 Å². The molecule has 9 nitrogen and oxygen atoms in total. The first-order valence-electron chi connectivity index (χ1n) is 8.16. The lowest BCUT2D eigenvalue weighted by Crippen LogP contribution is -2.57. The molecule has 0 saturated heterocycles. The van der Waals surface area contributed by atoms with Gasteiger partial charge >= 0.3 is 0 Å². The number of nitrogens with one attached hydrogen (secondary N) is 1. The number of methoxy groups -OCH3 is 1. The zero-order valence-electron chi connectivity index (χ0n) is 16.4. The predicted molar refractivity (Wildman–Crippen MR) is 98.8 cm³/mol. The highest BCUT2D eigenvalue weighted by Gasteiger charge is 2.44. The number of amides is 2. The van der Waals surface area contributed by atoms with E-state index in [1.165, 1.54) is 49.8 Å². The summed E-state index contributed by atoms with van der Waals surface area (Å²) < 4.78 is 32.5. The van der Waals surface area contributed by atoms with Gasteiger partial charge in [0.05, 0.1) is 18.6 Å². The number of likely N-dealkylation sites (N-methyl/N-ethyl adjacent to an activating group) is 1. The quantitative estimate of drug-likeness (QED) is 0.513. The van der Waals surface area contributed by atoms with Crippen molar-refractivity contribution < 1.29 is 28.0 Å². The second-order valence-electron chi connectivity index (χ2n) is 7.26. The Hall–Kier alpha value is -2.17. The van der Waals surface area contributed by atoms with E-state index in [9.17, 15) is 18.0 Å². The molecular formula is C17H27N3O6S. The third kappa shape index (κ3) is 5.41. The lowest BCUT2D eigenvalue weighted by atomic mass is 9.86. The number of rotatable bonds is 7. The fraction of sp³-hybridized carbons (Fsp3) is 0.529. The Morgan fingerprint density at radius 3 is 2.30 bits per heavy atom. The lowest BCUT2D eigenvalue weighted by Gasteiger charge is -2.37. The third-order valence-electron chi connectivity index (χ3n) is 3.90. The molecule has 0 saturated carbocycles. The van der Waals surface area contributed by atoms with E-state index in [1.54, 1.807) is 26.8 Å². The number of benzene rings is 1. The van der Waals surface area contributed by atoms with Crippen LogP contribution in [0, 0.1) is 5.41 Å². The van der Waals surface area contributed by atoms with Gasteiger partial charge in [-0.2, -0.15) is 4.31 Å². The van der Waals surface area contributed by atoms with Crippen LogP contribution in [0.3, 0.4) is 0 Å². The van der Waals surface area contributed by atoms with E-state index in [1.807, 2.05) is 0 Å². The largest absolute Gasteiger partial charge is 0.497 e. The topological polar surface area (TPSA) is 116 Å². The maximum Gasteiger partial charge on any atom is 0.262 e. The molecule has 0 aliphatic carbocycles. The molecule has 2 amide bonds. The summed E-state index contributed by atoms with van der Waals surface area (Å²) in [4.78, 5) is 25.7. The average molecular weight is 401 g/mol. The van der Waals surface area contributed by atoms with Crippen LogP contribution in [0.1, 0.15) is 20.8 Å². The van der Waals surface area contributed by atoms with Gasteiger partial charge in [-0.1, -0.05) is 26.8 Å². The zero-order valence-corrected chi connectivity index (χ0v) is 17.2. The van der Waals surface area contributed by atoms with Crippen molar-refractivity contribution in [3.8, 4) is 5.75 Å². The Bertz CT molecular complexity index is 786. The Balaban J connectivity index is 3.60. The minimum absolute atomic E-state index is 0.131. The van der Waals surface area contributed by atoms with Crippen LogP contribution in [0.5, 0.6) is 5.75 Å². The summed E-state index contributed by atoms with van der Waals surface area (Å²) in [5.41, 5.74) is 0.595. The van der Waals surface area contributed by atoms with E-state index in [0.717, 1.165) is 4.31 Å². The number of nitrogens with zero attached hydrogens (tertiary/aromatic N) is 2. The molecule has 0 heterocycles. The number of hydroxylamine groups is 1. The monoisotopic (exact) mass is 401 g/mol. The Labute approximate surface area is 159 Å². The van der Waals surface area contributed by atoms with Crippen molar-refractivity contribution in [1.82, 2.24) is 14.7 Å². The maximum absolute atomic E-state index is 13.3. The van der Waals surface area contributed by atoms with Crippen LogP contribution in [0.25, 0.3) is 0 Å². The molecule has 0 unspecified atom stereocenters. The molecule has 152 valence electrons. The third-order valence-corrected chi connectivity index (χ3v) is 5.71. The van der Waals surface area contributed by atoms with Crippen LogP contribution >= 0.6 is 0 Å². The second kappa shape index (κ2) is 8.68. The summed E-state index contributed by atoms with van der Waals surface area (Å²) in [7, 11) is 0.0993. The minimum atomic E-state index is -4.27. The Kier molecular flexibility index (Phi) is 7.35. The first kappa shape index (κ1) is 22.9. The van der Waals surface area contributed by atoms with Crippen molar-refractivity contribution in [3.05, 3.63) is 24.3 Å². The standard InChI is InChI=1S/C17H27N3O6S/c1-17(2,3)15(16(22)18-23)20(11-14(21)19(4)5)27(24,25)13-9-7-8-12(10-13)26-6/h7-10,15,23H,11H2,1-6H3,(H,18,22)/t15-/m0/s1. The summed E-state index contributed by atoms with van der Waals surface area (Å²) in [6.45, 7) is 4.35. The van der Waals surface area contributed by atoms with Gasteiger partial charge in [0.2, 0.25) is 15.9 Å². The molecule has 2 N–H and O–H groups in total. The van der Waals surface area contributed by atoms with Gasteiger partial charge in [0, 0.05) is 20.2 Å². The highest BCUT2D eigenvalue weighted by molar-refractivity contribution is 7.89.